The number of esters is 1. The molecule has 7 heteroatoms. The minimum Gasteiger partial charge on any atom is -0.466 e. The molecule has 0 aliphatic heterocycles. The van der Waals surface area contributed by atoms with Crippen LogP contribution in [0.3, 0.4) is 0 Å². The number of rotatable bonds is 11. The van der Waals surface area contributed by atoms with Crippen LogP contribution in [0.4, 0.5) is 0 Å². The molecule has 34 heavy (non-hydrogen) atoms. The Hall–Kier alpha value is -3.74. The van der Waals surface area contributed by atoms with E-state index in [1.54, 1.807) is 30.3 Å². The summed E-state index contributed by atoms with van der Waals surface area (Å²) in [7, 11) is 0. The van der Waals surface area contributed by atoms with Crippen LogP contribution in [0.25, 0.3) is 17.3 Å². The molecular weight excluding hydrogens is 428 g/mol. The van der Waals surface area contributed by atoms with Gasteiger partial charge >= 0.3 is 5.97 Å². The van der Waals surface area contributed by atoms with Gasteiger partial charge in [0.25, 0.3) is 0 Å². The first kappa shape index (κ1) is 23.4. The molecule has 1 fully saturated rings. The van der Waals surface area contributed by atoms with Gasteiger partial charge in [-0.05, 0) is 49.5 Å². The quantitative estimate of drug-likeness (QED) is 0.318. The van der Waals surface area contributed by atoms with Gasteiger partial charge < -0.3 is 9.64 Å². The second kappa shape index (κ2) is 11.4. The van der Waals surface area contributed by atoms with Crippen molar-refractivity contribution >= 4 is 18.0 Å². The molecule has 2 aromatic heterocycles. The lowest BCUT2D eigenvalue weighted by atomic mass is 10.1. The van der Waals surface area contributed by atoms with E-state index in [0.717, 1.165) is 35.2 Å². The number of ether oxygens (including phenoxy) is 1. The Morgan fingerprint density at radius 2 is 2.00 bits per heavy atom. The van der Waals surface area contributed by atoms with Gasteiger partial charge in [0.15, 0.2) is 0 Å². The van der Waals surface area contributed by atoms with Crippen LogP contribution in [-0.4, -0.2) is 51.2 Å². The van der Waals surface area contributed by atoms with E-state index in [0.29, 0.717) is 32.2 Å². The Bertz CT molecular complexity index is 1120. The van der Waals surface area contributed by atoms with Crippen LogP contribution in [0.1, 0.15) is 37.3 Å². The Morgan fingerprint density at radius 3 is 2.71 bits per heavy atom. The number of carbonyl (C=O) groups excluding carboxylic acids is 2. The summed E-state index contributed by atoms with van der Waals surface area (Å²) >= 11 is 0. The molecule has 176 valence electrons. The second-order valence-electron chi connectivity index (χ2n) is 8.47. The number of benzene rings is 1. The molecule has 1 aromatic carbocycles. The van der Waals surface area contributed by atoms with Gasteiger partial charge in [0, 0.05) is 48.9 Å². The summed E-state index contributed by atoms with van der Waals surface area (Å²) in [5.41, 5.74) is 3.64. The molecule has 0 atom stereocenters. The third-order valence-corrected chi connectivity index (χ3v) is 5.70. The molecule has 4 rings (SSSR count). The molecule has 0 bridgehead atoms. The lowest BCUT2D eigenvalue weighted by Crippen LogP contribution is -2.33. The lowest BCUT2D eigenvalue weighted by molar-refractivity contribution is -0.143. The maximum Gasteiger partial charge on any atom is 0.307 e. The molecule has 0 radical (unpaired) electrons. The van der Waals surface area contributed by atoms with E-state index in [2.05, 4.69) is 17.1 Å². The second-order valence-corrected chi connectivity index (χ2v) is 8.47. The number of amides is 1. The van der Waals surface area contributed by atoms with E-state index < -0.39 is 0 Å². The normalized spacial score (nSPS) is 13.2. The predicted octanol–water partition coefficient (Wildman–Crippen LogP) is 4.20. The van der Waals surface area contributed by atoms with Crippen molar-refractivity contribution in [1.82, 2.24) is 19.7 Å². The first-order valence-electron chi connectivity index (χ1n) is 11.8. The Labute approximate surface area is 200 Å². The highest BCUT2D eigenvalue weighted by molar-refractivity contribution is 5.93. The van der Waals surface area contributed by atoms with Crippen LogP contribution in [0.5, 0.6) is 0 Å². The largest absolute Gasteiger partial charge is 0.466 e. The van der Waals surface area contributed by atoms with Crippen LogP contribution in [0, 0.1) is 5.92 Å². The van der Waals surface area contributed by atoms with E-state index in [-0.39, 0.29) is 18.3 Å². The van der Waals surface area contributed by atoms with E-state index >= 15 is 0 Å². The van der Waals surface area contributed by atoms with Crippen LogP contribution in [0.15, 0.2) is 67.1 Å². The Balaban J connectivity index is 1.53. The summed E-state index contributed by atoms with van der Waals surface area (Å²) < 4.78 is 6.91. The van der Waals surface area contributed by atoms with E-state index in [4.69, 9.17) is 9.84 Å². The first-order valence-corrected chi connectivity index (χ1v) is 11.8. The van der Waals surface area contributed by atoms with Crippen LogP contribution >= 0.6 is 0 Å². The highest BCUT2D eigenvalue weighted by Crippen LogP contribution is 2.30. The molecule has 0 saturated heterocycles. The summed E-state index contributed by atoms with van der Waals surface area (Å²) in [5, 5.41) is 4.78. The van der Waals surface area contributed by atoms with Gasteiger partial charge in [0.2, 0.25) is 5.91 Å². The predicted molar refractivity (Wildman–Crippen MR) is 131 cm³/mol. The number of hydrogen-bond donors (Lipinski definition) is 0. The van der Waals surface area contributed by atoms with Crippen molar-refractivity contribution in [3.05, 3.63) is 78.3 Å². The zero-order valence-corrected chi connectivity index (χ0v) is 19.5. The highest BCUT2D eigenvalue weighted by Gasteiger charge is 2.26. The van der Waals surface area contributed by atoms with Crippen LogP contribution in [-0.2, 0) is 20.9 Å². The third kappa shape index (κ3) is 6.63. The maximum atomic E-state index is 13.0. The van der Waals surface area contributed by atoms with Crippen molar-refractivity contribution < 1.29 is 14.3 Å². The van der Waals surface area contributed by atoms with Crippen molar-refractivity contribution in [2.45, 2.75) is 32.7 Å². The third-order valence-electron chi connectivity index (χ3n) is 5.70. The minimum atomic E-state index is -0.277. The van der Waals surface area contributed by atoms with E-state index in [1.165, 1.54) is 0 Å². The molecule has 1 aliphatic carbocycles. The molecule has 0 N–H and O–H groups in total. The summed E-state index contributed by atoms with van der Waals surface area (Å²) in [6, 6.07) is 13.9. The minimum absolute atomic E-state index is 0.107. The van der Waals surface area contributed by atoms with Crippen molar-refractivity contribution in [3.8, 4) is 11.3 Å². The first-order chi connectivity index (χ1) is 16.6. The molecule has 3 aromatic rings. The molecular formula is C27H30N4O3. The monoisotopic (exact) mass is 458 g/mol. The van der Waals surface area contributed by atoms with Gasteiger partial charge in [-0.3, -0.25) is 19.3 Å². The molecule has 0 spiro atoms. The van der Waals surface area contributed by atoms with Crippen molar-refractivity contribution in [2.24, 2.45) is 5.92 Å². The van der Waals surface area contributed by atoms with Gasteiger partial charge in [0.1, 0.15) is 5.69 Å². The number of nitrogens with zero attached hydrogens (tertiary/aromatic N) is 4. The molecule has 2 heterocycles. The highest BCUT2D eigenvalue weighted by atomic mass is 16.5. The fraction of sp³-hybridized carbons (Fsp3) is 0.333. The molecule has 1 saturated carbocycles. The summed E-state index contributed by atoms with van der Waals surface area (Å²) in [6.07, 6.45) is 11.3. The number of pyridine rings is 1. The van der Waals surface area contributed by atoms with Gasteiger partial charge in [0.05, 0.1) is 19.6 Å². The Kier molecular flexibility index (Phi) is 7.86. The fourth-order valence-corrected chi connectivity index (χ4v) is 3.77. The summed E-state index contributed by atoms with van der Waals surface area (Å²) in [4.78, 5) is 30.8. The maximum absolute atomic E-state index is 13.0. The SMILES string of the molecule is CCOC(=O)CCN(CC1CC1)C(=O)/C=C/c1cn(Cc2ccccc2)nc1-c1cccnc1. The summed E-state index contributed by atoms with van der Waals surface area (Å²) in [5.74, 6) is 0.143. The van der Waals surface area contributed by atoms with Gasteiger partial charge in [-0.15, -0.1) is 0 Å². The van der Waals surface area contributed by atoms with Crippen molar-refractivity contribution in [1.29, 1.82) is 0 Å². The van der Waals surface area contributed by atoms with Gasteiger partial charge in [-0.25, -0.2) is 0 Å². The molecule has 0 unspecified atom stereocenters. The smallest absolute Gasteiger partial charge is 0.307 e. The van der Waals surface area contributed by atoms with E-state index in [1.807, 2.05) is 47.3 Å². The molecule has 7 nitrogen and oxygen atoms in total. The zero-order valence-electron chi connectivity index (χ0n) is 19.5. The van der Waals surface area contributed by atoms with Gasteiger partial charge in [-0.1, -0.05) is 30.3 Å². The molecule has 1 amide bonds. The number of hydrogen-bond acceptors (Lipinski definition) is 5. The van der Waals surface area contributed by atoms with Crippen molar-refractivity contribution in [2.75, 3.05) is 19.7 Å². The summed E-state index contributed by atoms with van der Waals surface area (Å²) in [6.45, 7) is 3.79. The lowest BCUT2D eigenvalue weighted by Gasteiger charge is -2.20. The molecule has 1 aliphatic rings. The van der Waals surface area contributed by atoms with E-state index in [9.17, 15) is 9.59 Å². The number of aromatic nitrogens is 3. The van der Waals surface area contributed by atoms with Crippen LogP contribution in [0.2, 0.25) is 0 Å². The van der Waals surface area contributed by atoms with Crippen molar-refractivity contribution in [3.63, 3.8) is 0 Å². The standard InChI is InChI=1S/C27H30N4O3/c1-2-34-26(33)14-16-30(18-22-10-11-22)25(32)13-12-24-20-31(19-21-7-4-3-5-8-21)29-27(24)23-9-6-15-28-17-23/h3-9,12-13,15,17,20,22H,2,10-11,14,16,18-19H2,1H3/b13-12+. The number of carbonyl (C=O) groups is 2. The van der Waals surface area contributed by atoms with Crippen LogP contribution < -0.4 is 0 Å². The fourth-order valence-electron chi connectivity index (χ4n) is 3.77. The topological polar surface area (TPSA) is 77.3 Å². The average molecular weight is 459 g/mol. The van der Waals surface area contributed by atoms with Gasteiger partial charge in [-0.2, -0.15) is 5.10 Å². The zero-order chi connectivity index (χ0) is 23.8. The Morgan fingerprint density at radius 1 is 1.18 bits per heavy atom. The average Bonchev–Trinajstić information content (AvgIpc) is 3.59.